The van der Waals surface area contributed by atoms with Crippen LogP contribution in [0.1, 0.15) is 32.1 Å². The zero-order chi connectivity index (χ0) is 12.0. The fourth-order valence-corrected chi connectivity index (χ4v) is 4.73. The van der Waals surface area contributed by atoms with E-state index in [0.717, 1.165) is 23.9 Å². The fraction of sp³-hybridized carbons (Fsp3) is 1.00. The molecule has 3 aliphatic heterocycles. The second kappa shape index (κ2) is 4.52. The van der Waals surface area contributed by atoms with E-state index in [0.29, 0.717) is 6.04 Å². The Bertz CT molecular complexity index is 281. The van der Waals surface area contributed by atoms with E-state index in [2.05, 4.69) is 23.9 Å². The van der Waals surface area contributed by atoms with Gasteiger partial charge in [0.1, 0.15) is 0 Å². The van der Waals surface area contributed by atoms with Crippen LogP contribution in [-0.2, 0) is 0 Å². The zero-order valence-corrected chi connectivity index (χ0v) is 11.3. The first-order valence-electron chi connectivity index (χ1n) is 7.33. The largest absolute Gasteiger partial charge is 0.327 e. The van der Waals surface area contributed by atoms with E-state index >= 15 is 0 Å². The van der Waals surface area contributed by atoms with Crippen LogP contribution in [-0.4, -0.2) is 55.1 Å². The molecule has 0 spiro atoms. The van der Waals surface area contributed by atoms with Crippen LogP contribution in [0.15, 0.2) is 0 Å². The van der Waals surface area contributed by atoms with Crippen molar-refractivity contribution in [2.45, 2.75) is 50.2 Å². The molecule has 0 saturated carbocycles. The van der Waals surface area contributed by atoms with E-state index in [9.17, 15) is 0 Å². The molecule has 0 aromatic rings. The minimum absolute atomic E-state index is 0.459. The van der Waals surface area contributed by atoms with Gasteiger partial charge in [-0.3, -0.25) is 0 Å². The van der Waals surface area contributed by atoms with Crippen LogP contribution in [0, 0.1) is 11.8 Å². The van der Waals surface area contributed by atoms with Crippen molar-refractivity contribution in [3.05, 3.63) is 0 Å². The van der Waals surface area contributed by atoms with E-state index in [4.69, 9.17) is 5.73 Å². The van der Waals surface area contributed by atoms with Crippen LogP contribution >= 0.6 is 0 Å². The molecule has 2 bridgehead atoms. The Balaban J connectivity index is 1.76. The van der Waals surface area contributed by atoms with E-state index in [1.165, 1.54) is 45.2 Å². The first-order valence-corrected chi connectivity index (χ1v) is 7.33. The monoisotopic (exact) mass is 237 g/mol. The van der Waals surface area contributed by atoms with Gasteiger partial charge in [-0.2, -0.15) is 0 Å². The van der Waals surface area contributed by atoms with Gasteiger partial charge >= 0.3 is 0 Å². The Morgan fingerprint density at radius 2 is 1.94 bits per heavy atom. The molecule has 0 amide bonds. The summed E-state index contributed by atoms with van der Waals surface area (Å²) >= 11 is 0. The van der Waals surface area contributed by atoms with Crippen LogP contribution < -0.4 is 5.73 Å². The number of hydrogen-bond acceptors (Lipinski definition) is 3. The molecule has 2 N–H and O–H groups in total. The minimum Gasteiger partial charge on any atom is -0.327 e. The van der Waals surface area contributed by atoms with Crippen molar-refractivity contribution in [2.24, 2.45) is 17.6 Å². The molecule has 17 heavy (non-hydrogen) atoms. The summed E-state index contributed by atoms with van der Waals surface area (Å²) < 4.78 is 0. The third-order valence-electron chi connectivity index (χ3n) is 5.58. The number of likely N-dealkylation sites (tertiary alicyclic amines) is 1. The van der Waals surface area contributed by atoms with E-state index in [-0.39, 0.29) is 0 Å². The fourth-order valence-electron chi connectivity index (χ4n) is 4.73. The van der Waals surface area contributed by atoms with Crippen LogP contribution in [0.4, 0.5) is 0 Å². The standard InChI is InChI=1S/C14H27N3/c1-16-7-3-4-10(9-16)14-12(15)8-11-5-6-13(14)17(11)2/h10-14H,3-9,15H2,1-2H3. The average molecular weight is 237 g/mol. The molecule has 0 aliphatic carbocycles. The summed E-state index contributed by atoms with van der Waals surface area (Å²) in [5, 5.41) is 0. The summed E-state index contributed by atoms with van der Waals surface area (Å²) in [6, 6.07) is 2.02. The summed E-state index contributed by atoms with van der Waals surface area (Å²) in [6.45, 7) is 2.55. The van der Waals surface area contributed by atoms with Gasteiger partial charge in [-0.05, 0) is 64.6 Å². The van der Waals surface area contributed by atoms with Crippen LogP contribution in [0.2, 0.25) is 0 Å². The van der Waals surface area contributed by atoms with Crippen molar-refractivity contribution in [2.75, 3.05) is 27.2 Å². The lowest BCUT2D eigenvalue weighted by molar-refractivity contribution is 0.0369. The highest BCUT2D eigenvalue weighted by atomic mass is 15.2. The normalized spacial score (nSPS) is 48.5. The van der Waals surface area contributed by atoms with Crippen LogP contribution in [0.25, 0.3) is 0 Å². The number of fused-ring (bicyclic) bond motifs is 2. The van der Waals surface area contributed by atoms with Crippen molar-refractivity contribution >= 4 is 0 Å². The summed E-state index contributed by atoms with van der Waals surface area (Å²) in [5.41, 5.74) is 6.49. The SMILES string of the molecule is CN1CCCC(C2C(N)CC3CCC2N3C)C1. The smallest absolute Gasteiger partial charge is 0.0142 e. The zero-order valence-electron chi connectivity index (χ0n) is 11.3. The number of piperidine rings is 2. The predicted octanol–water partition coefficient (Wildman–Crippen LogP) is 1.14. The maximum atomic E-state index is 6.49. The average Bonchev–Trinajstić information content (AvgIpc) is 2.55. The molecule has 3 nitrogen and oxygen atoms in total. The highest BCUT2D eigenvalue weighted by molar-refractivity contribution is 5.03. The molecule has 0 radical (unpaired) electrons. The summed E-state index contributed by atoms with van der Waals surface area (Å²) in [5.74, 6) is 1.59. The highest BCUT2D eigenvalue weighted by Gasteiger charge is 2.47. The second-order valence-corrected chi connectivity index (χ2v) is 6.61. The van der Waals surface area contributed by atoms with Gasteiger partial charge in [-0.25, -0.2) is 0 Å². The molecule has 3 fully saturated rings. The molecule has 5 atom stereocenters. The Morgan fingerprint density at radius 1 is 1.12 bits per heavy atom. The molecule has 0 aromatic carbocycles. The Kier molecular flexibility index (Phi) is 3.18. The number of rotatable bonds is 1. The molecular formula is C14H27N3. The van der Waals surface area contributed by atoms with Crippen molar-refractivity contribution in [3.8, 4) is 0 Å². The third-order valence-corrected chi connectivity index (χ3v) is 5.58. The molecule has 3 aliphatic rings. The first kappa shape index (κ1) is 11.9. The molecule has 5 unspecified atom stereocenters. The lowest BCUT2D eigenvalue weighted by Crippen LogP contribution is -2.56. The van der Waals surface area contributed by atoms with E-state index in [1.807, 2.05) is 0 Å². The first-order chi connectivity index (χ1) is 8.16. The molecule has 3 heterocycles. The maximum absolute atomic E-state index is 6.49. The van der Waals surface area contributed by atoms with Gasteiger partial charge in [0.05, 0.1) is 0 Å². The van der Waals surface area contributed by atoms with Gasteiger partial charge in [0.2, 0.25) is 0 Å². The van der Waals surface area contributed by atoms with Crippen molar-refractivity contribution < 1.29 is 0 Å². The number of hydrogen-bond donors (Lipinski definition) is 1. The topological polar surface area (TPSA) is 32.5 Å². The van der Waals surface area contributed by atoms with Crippen LogP contribution in [0.3, 0.4) is 0 Å². The summed E-state index contributed by atoms with van der Waals surface area (Å²) in [6.07, 6.45) is 6.77. The van der Waals surface area contributed by atoms with Gasteiger partial charge in [0, 0.05) is 24.7 Å². The van der Waals surface area contributed by atoms with Crippen molar-refractivity contribution in [3.63, 3.8) is 0 Å². The van der Waals surface area contributed by atoms with Gasteiger partial charge < -0.3 is 15.5 Å². The Labute approximate surface area is 105 Å². The third kappa shape index (κ3) is 2.02. The minimum atomic E-state index is 0.459. The van der Waals surface area contributed by atoms with Crippen LogP contribution in [0.5, 0.6) is 0 Å². The Hall–Kier alpha value is -0.120. The highest BCUT2D eigenvalue weighted by Crippen LogP contribution is 2.42. The molecule has 3 rings (SSSR count). The van der Waals surface area contributed by atoms with E-state index < -0.39 is 0 Å². The lowest BCUT2D eigenvalue weighted by Gasteiger charge is -2.47. The van der Waals surface area contributed by atoms with Crippen molar-refractivity contribution in [1.82, 2.24) is 9.80 Å². The molecule has 0 aromatic heterocycles. The quantitative estimate of drug-likeness (QED) is 0.742. The second-order valence-electron chi connectivity index (χ2n) is 6.61. The van der Waals surface area contributed by atoms with E-state index in [1.54, 1.807) is 0 Å². The molecule has 3 saturated heterocycles. The van der Waals surface area contributed by atoms with Crippen molar-refractivity contribution in [1.29, 1.82) is 0 Å². The number of nitrogens with two attached hydrogens (primary N) is 1. The molecule has 98 valence electrons. The molecular weight excluding hydrogens is 210 g/mol. The predicted molar refractivity (Wildman–Crippen MR) is 70.9 cm³/mol. The summed E-state index contributed by atoms with van der Waals surface area (Å²) in [7, 11) is 4.59. The van der Waals surface area contributed by atoms with Gasteiger partial charge in [0.25, 0.3) is 0 Å². The number of nitrogens with zero attached hydrogens (tertiary/aromatic N) is 2. The lowest BCUT2D eigenvalue weighted by atomic mass is 9.74. The Morgan fingerprint density at radius 3 is 2.71 bits per heavy atom. The summed E-state index contributed by atoms with van der Waals surface area (Å²) in [4.78, 5) is 5.14. The maximum Gasteiger partial charge on any atom is 0.0142 e. The van der Waals surface area contributed by atoms with Gasteiger partial charge in [-0.15, -0.1) is 0 Å². The van der Waals surface area contributed by atoms with Gasteiger partial charge in [0.15, 0.2) is 0 Å². The van der Waals surface area contributed by atoms with Gasteiger partial charge in [-0.1, -0.05) is 0 Å². The molecule has 3 heteroatoms.